The van der Waals surface area contributed by atoms with Crippen LogP contribution >= 0.6 is 11.3 Å². The zero-order valence-electron chi connectivity index (χ0n) is 10.8. The molecule has 5 heteroatoms. The third kappa shape index (κ3) is 4.85. The molecule has 0 saturated carbocycles. The second-order valence-corrected chi connectivity index (χ2v) is 5.51. The number of ether oxygens (including phenoxy) is 1. The van der Waals surface area contributed by atoms with Crippen LogP contribution in [0.3, 0.4) is 0 Å². The molecule has 1 rings (SSSR count). The van der Waals surface area contributed by atoms with E-state index in [0.717, 1.165) is 23.7 Å². The minimum absolute atomic E-state index is 0.0399. The van der Waals surface area contributed by atoms with Gasteiger partial charge in [-0.3, -0.25) is 4.79 Å². The molecule has 0 aliphatic heterocycles. The van der Waals surface area contributed by atoms with E-state index in [1.54, 1.807) is 18.4 Å². The fourth-order valence-electron chi connectivity index (χ4n) is 1.33. The molecule has 0 aliphatic rings. The number of hydrogen-bond donors (Lipinski definition) is 2. The van der Waals surface area contributed by atoms with Crippen molar-refractivity contribution in [3.8, 4) is 0 Å². The van der Waals surface area contributed by atoms with Crippen molar-refractivity contribution >= 4 is 22.9 Å². The van der Waals surface area contributed by atoms with Gasteiger partial charge in [-0.05, 0) is 25.3 Å². The maximum atomic E-state index is 11.0. The zero-order chi connectivity index (χ0) is 12.9. The summed E-state index contributed by atoms with van der Waals surface area (Å²) in [5, 5.41) is 8.12. The molecular formula is C12H20N2O2S. The summed E-state index contributed by atoms with van der Waals surface area (Å²) in [6.07, 6.45) is 0. The molecule has 0 spiro atoms. The molecule has 17 heavy (non-hydrogen) atoms. The maximum Gasteiger partial charge on any atom is 0.221 e. The molecule has 1 aromatic heterocycles. The van der Waals surface area contributed by atoms with Crippen LogP contribution in [0.1, 0.15) is 25.6 Å². The van der Waals surface area contributed by atoms with Gasteiger partial charge in [-0.2, -0.15) is 0 Å². The van der Waals surface area contributed by atoms with E-state index >= 15 is 0 Å². The molecule has 1 heterocycles. The highest BCUT2D eigenvalue weighted by molar-refractivity contribution is 7.10. The van der Waals surface area contributed by atoms with Gasteiger partial charge in [0.25, 0.3) is 0 Å². The highest BCUT2D eigenvalue weighted by Gasteiger charge is 2.15. The van der Waals surface area contributed by atoms with Gasteiger partial charge >= 0.3 is 0 Å². The number of rotatable bonds is 6. The van der Waals surface area contributed by atoms with E-state index in [0.29, 0.717) is 0 Å². The first-order valence-corrected chi connectivity index (χ1v) is 6.42. The summed E-state index contributed by atoms with van der Waals surface area (Å²) in [6.45, 7) is 7.08. The number of carbonyl (C=O) groups is 1. The Balaban J connectivity index is 2.47. The third-order valence-electron chi connectivity index (χ3n) is 2.44. The summed E-state index contributed by atoms with van der Waals surface area (Å²) in [7, 11) is 1.70. The molecule has 0 saturated heterocycles. The lowest BCUT2D eigenvalue weighted by Gasteiger charge is -2.23. The Labute approximate surface area is 106 Å². The smallest absolute Gasteiger partial charge is 0.221 e. The molecule has 0 atom stereocenters. The van der Waals surface area contributed by atoms with Crippen molar-refractivity contribution < 1.29 is 9.53 Å². The van der Waals surface area contributed by atoms with Gasteiger partial charge in [-0.15, -0.1) is 11.3 Å². The Morgan fingerprint density at radius 3 is 2.82 bits per heavy atom. The average Bonchev–Trinajstić information content (AvgIpc) is 2.65. The van der Waals surface area contributed by atoms with Crippen LogP contribution in [0.15, 0.2) is 11.4 Å². The third-order valence-corrected chi connectivity index (χ3v) is 3.37. The van der Waals surface area contributed by atoms with Gasteiger partial charge in [0, 0.05) is 32.0 Å². The largest absolute Gasteiger partial charge is 0.377 e. The van der Waals surface area contributed by atoms with Gasteiger partial charge in [0.1, 0.15) is 0 Å². The van der Waals surface area contributed by atoms with Crippen LogP contribution in [0, 0.1) is 0 Å². The Morgan fingerprint density at radius 1 is 1.53 bits per heavy atom. The first-order chi connectivity index (χ1) is 7.94. The van der Waals surface area contributed by atoms with Crippen molar-refractivity contribution in [3.63, 3.8) is 0 Å². The van der Waals surface area contributed by atoms with E-state index in [1.165, 1.54) is 6.92 Å². The standard InChI is InChI=1S/C12H20N2O2S/c1-9(15)14-10-5-6-17-11(10)7-13-8-12(2,3)16-4/h5-6,13H,7-8H2,1-4H3,(H,14,15). The number of nitrogens with one attached hydrogen (secondary N) is 2. The number of thiophene rings is 1. The molecule has 1 amide bonds. The van der Waals surface area contributed by atoms with E-state index in [4.69, 9.17) is 4.74 Å². The minimum Gasteiger partial charge on any atom is -0.377 e. The molecule has 0 radical (unpaired) electrons. The lowest BCUT2D eigenvalue weighted by molar-refractivity contribution is -0.114. The van der Waals surface area contributed by atoms with Gasteiger partial charge < -0.3 is 15.4 Å². The van der Waals surface area contributed by atoms with Crippen LogP contribution in [0.5, 0.6) is 0 Å². The molecule has 0 aliphatic carbocycles. The molecular weight excluding hydrogens is 236 g/mol. The van der Waals surface area contributed by atoms with E-state index in [1.807, 2.05) is 25.3 Å². The molecule has 4 nitrogen and oxygen atoms in total. The van der Waals surface area contributed by atoms with Crippen molar-refractivity contribution in [3.05, 3.63) is 16.3 Å². The monoisotopic (exact) mass is 256 g/mol. The summed E-state index contributed by atoms with van der Waals surface area (Å²) in [4.78, 5) is 12.1. The van der Waals surface area contributed by atoms with Crippen molar-refractivity contribution in [2.24, 2.45) is 0 Å². The fraction of sp³-hybridized carbons (Fsp3) is 0.583. The molecule has 96 valence electrons. The highest BCUT2D eigenvalue weighted by Crippen LogP contribution is 2.22. The number of hydrogen-bond acceptors (Lipinski definition) is 4. The zero-order valence-corrected chi connectivity index (χ0v) is 11.6. The quantitative estimate of drug-likeness (QED) is 0.820. The van der Waals surface area contributed by atoms with Gasteiger partial charge in [-0.1, -0.05) is 0 Å². The number of anilines is 1. The van der Waals surface area contributed by atoms with Crippen LogP contribution in [0.2, 0.25) is 0 Å². The second kappa shape index (κ2) is 6.14. The van der Waals surface area contributed by atoms with Gasteiger partial charge in [-0.25, -0.2) is 0 Å². The van der Waals surface area contributed by atoms with Crippen LogP contribution in [0.25, 0.3) is 0 Å². The topological polar surface area (TPSA) is 50.4 Å². The number of carbonyl (C=O) groups excluding carboxylic acids is 1. The lowest BCUT2D eigenvalue weighted by Crippen LogP contribution is -2.36. The van der Waals surface area contributed by atoms with E-state index < -0.39 is 0 Å². The molecule has 2 N–H and O–H groups in total. The molecule has 0 fully saturated rings. The average molecular weight is 256 g/mol. The highest BCUT2D eigenvalue weighted by atomic mass is 32.1. The molecule has 0 bridgehead atoms. The van der Waals surface area contributed by atoms with Crippen LogP contribution < -0.4 is 10.6 Å². The fourth-order valence-corrected chi connectivity index (χ4v) is 2.13. The van der Waals surface area contributed by atoms with Crippen molar-refractivity contribution in [1.29, 1.82) is 0 Å². The van der Waals surface area contributed by atoms with Gasteiger partial charge in [0.2, 0.25) is 5.91 Å². The summed E-state index contributed by atoms with van der Waals surface area (Å²) in [5.41, 5.74) is 0.719. The summed E-state index contributed by atoms with van der Waals surface area (Å²) >= 11 is 1.63. The molecule has 0 unspecified atom stereocenters. The Bertz CT molecular complexity index is 374. The summed E-state index contributed by atoms with van der Waals surface area (Å²) in [6, 6.07) is 1.92. The minimum atomic E-state index is -0.175. The van der Waals surface area contributed by atoms with Gasteiger partial charge in [0.05, 0.1) is 11.3 Å². The lowest BCUT2D eigenvalue weighted by atomic mass is 10.1. The predicted molar refractivity (Wildman–Crippen MR) is 71.4 cm³/mol. The second-order valence-electron chi connectivity index (χ2n) is 4.51. The van der Waals surface area contributed by atoms with Crippen molar-refractivity contribution in [2.45, 2.75) is 32.9 Å². The first-order valence-electron chi connectivity index (χ1n) is 5.54. The van der Waals surface area contributed by atoms with Gasteiger partial charge in [0.15, 0.2) is 0 Å². The van der Waals surface area contributed by atoms with Crippen LogP contribution in [-0.4, -0.2) is 25.2 Å². The summed E-state index contributed by atoms with van der Waals surface area (Å²) in [5.74, 6) is -0.0399. The first kappa shape index (κ1) is 14.2. The van der Waals surface area contributed by atoms with E-state index in [2.05, 4.69) is 10.6 Å². The van der Waals surface area contributed by atoms with Crippen LogP contribution in [-0.2, 0) is 16.1 Å². The van der Waals surface area contributed by atoms with E-state index in [-0.39, 0.29) is 11.5 Å². The number of methoxy groups -OCH3 is 1. The maximum absolute atomic E-state index is 11.0. The Hall–Kier alpha value is -0.910. The molecule has 0 aromatic carbocycles. The SMILES string of the molecule is COC(C)(C)CNCc1sccc1NC(C)=O. The number of amides is 1. The van der Waals surface area contributed by atoms with Crippen LogP contribution in [0.4, 0.5) is 5.69 Å². The molecule has 1 aromatic rings. The van der Waals surface area contributed by atoms with Crippen molar-refractivity contribution in [2.75, 3.05) is 19.0 Å². The van der Waals surface area contributed by atoms with Crippen molar-refractivity contribution in [1.82, 2.24) is 5.32 Å². The summed E-state index contributed by atoms with van der Waals surface area (Å²) < 4.78 is 5.32. The Kier molecular flexibility index (Phi) is 5.11. The predicted octanol–water partition coefficient (Wildman–Crippen LogP) is 2.22. The Morgan fingerprint density at radius 2 is 2.24 bits per heavy atom. The van der Waals surface area contributed by atoms with E-state index in [9.17, 15) is 4.79 Å². The normalized spacial score (nSPS) is 11.5.